The van der Waals surface area contributed by atoms with Crippen LogP contribution in [0.5, 0.6) is 0 Å². The molecule has 2 nitrogen and oxygen atoms in total. The summed E-state index contributed by atoms with van der Waals surface area (Å²) in [7, 11) is 0. The van der Waals surface area contributed by atoms with Crippen molar-refractivity contribution in [1.29, 1.82) is 0 Å². The van der Waals surface area contributed by atoms with Gasteiger partial charge < -0.3 is 4.74 Å². The van der Waals surface area contributed by atoms with Gasteiger partial charge in [0.25, 0.3) is 0 Å². The van der Waals surface area contributed by atoms with E-state index in [2.05, 4.69) is 32.9 Å². The molecule has 41 heavy (non-hydrogen) atoms. The average molecular weight is 577 g/mol. The summed E-state index contributed by atoms with van der Waals surface area (Å²) in [6.07, 6.45) is 45.7. The van der Waals surface area contributed by atoms with Crippen molar-refractivity contribution in [3.8, 4) is 0 Å². The molecule has 0 aliphatic rings. The highest BCUT2D eigenvalue weighted by molar-refractivity contribution is 5.69. The van der Waals surface area contributed by atoms with E-state index in [0.717, 1.165) is 25.2 Å². The van der Waals surface area contributed by atoms with E-state index in [1.165, 1.54) is 173 Å². The van der Waals surface area contributed by atoms with Crippen molar-refractivity contribution in [3.63, 3.8) is 0 Å². The van der Waals surface area contributed by atoms with Crippen LogP contribution >= 0.6 is 0 Å². The number of hydrogen-bond donors (Lipinski definition) is 0. The summed E-state index contributed by atoms with van der Waals surface area (Å²) in [5.41, 5.74) is 0. The molecule has 2 heteroatoms. The Balaban J connectivity index is 3.17. The van der Waals surface area contributed by atoms with Crippen molar-refractivity contribution >= 4 is 5.97 Å². The lowest BCUT2D eigenvalue weighted by atomic mass is 10.0. The summed E-state index contributed by atoms with van der Waals surface area (Å²) < 4.78 is 5.44. The second kappa shape index (κ2) is 35.4. The molecule has 0 aliphatic heterocycles. The molecule has 0 atom stereocenters. The Morgan fingerprint density at radius 2 is 0.854 bits per heavy atom. The Morgan fingerprint density at radius 3 is 1.29 bits per heavy atom. The van der Waals surface area contributed by atoms with Gasteiger partial charge >= 0.3 is 5.97 Å². The highest BCUT2D eigenvalue weighted by Gasteiger charge is 2.02. The number of allylic oxidation sites excluding steroid dienone is 2. The molecular formula is C39H76O2. The maximum atomic E-state index is 11.9. The van der Waals surface area contributed by atoms with Crippen LogP contribution < -0.4 is 0 Å². The van der Waals surface area contributed by atoms with E-state index in [9.17, 15) is 4.79 Å². The maximum absolute atomic E-state index is 11.9. The van der Waals surface area contributed by atoms with Gasteiger partial charge in [0.05, 0.1) is 6.61 Å². The zero-order valence-corrected chi connectivity index (χ0v) is 28.7. The van der Waals surface area contributed by atoms with Gasteiger partial charge in [0, 0.05) is 6.42 Å². The van der Waals surface area contributed by atoms with Crippen molar-refractivity contribution < 1.29 is 9.53 Å². The number of unbranched alkanes of at least 4 members (excludes halogenated alkanes) is 26. The molecule has 0 aromatic heterocycles. The first kappa shape index (κ1) is 40.2. The lowest BCUT2D eigenvalue weighted by Gasteiger charge is -2.06. The lowest BCUT2D eigenvalue weighted by Crippen LogP contribution is -2.05. The Morgan fingerprint density at radius 1 is 0.488 bits per heavy atom. The fraction of sp³-hybridized carbons (Fsp3) is 0.923. The van der Waals surface area contributed by atoms with E-state index in [1.807, 2.05) is 0 Å². The van der Waals surface area contributed by atoms with Gasteiger partial charge in [-0.3, -0.25) is 4.79 Å². The molecule has 0 aromatic carbocycles. The molecule has 0 N–H and O–H groups in total. The zero-order chi connectivity index (χ0) is 29.9. The van der Waals surface area contributed by atoms with Crippen LogP contribution in [0.3, 0.4) is 0 Å². The first-order valence-corrected chi connectivity index (χ1v) is 19.0. The van der Waals surface area contributed by atoms with E-state index < -0.39 is 0 Å². The molecule has 0 aliphatic carbocycles. The van der Waals surface area contributed by atoms with Crippen LogP contribution in [0, 0.1) is 5.92 Å². The first-order chi connectivity index (χ1) is 20.2. The monoisotopic (exact) mass is 577 g/mol. The van der Waals surface area contributed by atoms with Gasteiger partial charge in [0.1, 0.15) is 0 Å². The zero-order valence-electron chi connectivity index (χ0n) is 28.7. The van der Waals surface area contributed by atoms with E-state index in [4.69, 9.17) is 4.74 Å². The van der Waals surface area contributed by atoms with Gasteiger partial charge in [0.15, 0.2) is 0 Å². The Kier molecular flexibility index (Phi) is 34.7. The van der Waals surface area contributed by atoms with Crippen molar-refractivity contribution in [2.75, 3.05) is 6.61 Å². The molecule has 0 saturated carbocycles. The molecule has 0 amide bonds. The van der Waals surface area contributed by atoms with Crippen LogP contribution in [0.15, 0.2) is 12.2 Å². The first-order valence-electron chi connectivity index (χ1n) is 19.0. The van der Waals surface area contributed by atoms with Crippen molar-refractivity contribution in [1.82, 2.24) is 0 Å². The Bertz CT molecular complexity index is 524. The van der Waals surface area contributed by atoms with Crippen LogP contribution in [0.1, 0.15) is 220 Å². The molecule has 0 fully saturated rings. The van der Waals surface area contributed by atoms with Gasteiger partial charge in [-0.1, -0.05) is 187 Å². The molecule has 244 valence electrons. The van der Waals surface area contributed by atoms with E-state index in [0.29, 0.717) is 13.0 Å². The van der Waals surface area contributed by atoms with E-state index >= 15 is 0 Å². The summed E-state index contributed by atoms with van der Waals surface area (Å²) in [5.74, 6) is 0.898. The average Bonchev–Trinajstić information content (AvgIpc) is 2.96. The molecule has 0 aromatic rings. The molecule has 0 rings (SSSR count). The van der Waals surface area contributed by atoms with Gasteiger partial charge in [-0.2, -0.15) is 0 Å². The Labute approximate surface area is 259 Å². The number of rotatable bonds is 34. The quantitative estimate of drug-likeness (QED) is 0.0432. The minimum absolute atomic E-state index is 0.0172. The fourth-order valence-electron chi connectivity index (χ4n) is 5.73. The molecule has 0 bridgehead atoms. The molecule has 0 saturated heterocycles. The normalized spacial score (nSPS) is 11.7. The number of carbonyl (C=O) groups is 1. The summed E-state index contributed by atoms with van der Waals surface area (Å²) in [6.45, 7) is 7.57. The van der Waals surface area contributed by atoms with Crippen LogP contribution in [-0.2, 0) is 9.53 Å². The number of hydrogen-bond acceptors (Lipinski definition) is 2. The lowest BCUT2D eigenvalue weighted by molar-refractivity contribution is -0.143. The molecular weight excluding hydrogens is 500 g/mol. The van der Waals surface area contributed by atoms with Crippen molar-refractivity contribution in [2.45, 2.75) is 220 Å². The fourth-order valence-corrected chi connectivity index (χ4v) is 5.73. The molecule has 0 spiro atoms. The summed E-state index contributed by atoms with van der Waals surface area (Å²) in [5, 5.41) is 0. The SMILES string of the molecule is CCCCCC/C=C\CCCCCCCC(=O)OCCCCCCCCCCCCCCCCCCCCC(C)C. The van der Waals surface area contributed by atoms with Crippen LogP contribution in [0.25, 0.3) is 0 Å². The minimum atomic E-state index is 0.0172. The minimum Gasteiger partial charge on any atom is -0.466 e. The van der Waals surface area contributed by atoms with Crippen molar-refractivity contribution in [3.05, 3.63) is 12.2 Å². The van der Waals surface area contributed by atoms with Gasteiger partial charge in [-0.05, 0) is 44.4 Å². The number of esters is 1. The van der Waals surface area contributed by atoms with Crippen LogP contribution in [0.4, 0.5) is 0 Å². The third-order valence-corrected chi connectivity index (χ3v) is 8.58. The van der Waals surface area contributed by atoms with Crippen LogP contribution in [-0.4, -0.2) is 12.6 Å². The topological polar surface area (TPSA) is 26.3 Å². The predicted molar refractivity (Wildman–Crippen MR) is 184 cm³/mol. The molecule has 0 radical (unpaired) electrons. The highest BCUT2D eigenvalue weighted by atomic mass is 16.5. The van der Waals surface area contributed by atoms with E-state index in [1.54, 1.807) is 0 Å². The van der Waals surface area contributed by atoms with Crippen molar-refractivity contribution in [2.24, 2.45) is 5.92 Å². The summed E-state index contributed by atoms with van der Waals surface area (Å²) >= 11 is 0. The molecule has 0 heterocycles. The predicted octanol–water partition coefficient (Wildman–Crippen LogP) is 13.9. The molecule has 0 unspecified atom stereocenters. The number of ether oxygens (including phenoxy) is 1. The smallest absolute Gasteiger partial charge is 0.305 e. The second-order valence-corrected chi connectivity index (χ2v) is 13.4. The van der Waals surface area contributed by atoms with Gasteiger partial charge in [-0.25, -0.2) is 0 Å². The standard InChI is InChI=1S/C39H76O2/c1-4-5-6-7-8-9-10-17-21-24-27-30-33-36-39(40)41-37-34-31-28-25-22-19-16-14-12-11-13-15-18-20-23-26-29-32-35-38(2)3/h9-10,38H,4-8,11-37H2,1-3H3/b10-9-. The Hall–Kier alpha value is -0.790. The summed E-state index contributed by atoms with van der Waals surface area (Å²) in [4.78, 5) is 11.9. The third-order valence-electron chi connectivity index (χ3n) is 8.58. The summed E-state index contributed by atoms with van der Waals surface area (Å²) in [6, 6.07) is 0. The van der Waals surface area contributed by atoms with E-state index in [-0.39, 0.29) is 5.97 Å². The largest absolute Gasteiger partial charge is 0.466 e. The van der Waals surface area contributed by atoms with Gasteiger partial charge in [0.2, 0.25) is 0 Å². The second-order valence-electron chi connectivity index (χ2n) is 13.4. The highest BCUT2D eigenvalue weighted by Crippen LogP contribution is 2.16. The maximum Gasteiger partial charge on any atom is 0.305 e. The van der Waals surface area contributed by atoms with Gasteiger partial charge in [-0.15, -0.1) is 0 Å². The van der Waals surface area contributed by atoms with Crippen LogP contribution in [0.2, 0.25) is 0 Å². The third kappa shape index (κ3) is 37.2. The number of carbonyl (C=O) groups excluding carboxylic acids is 1.